The lowest BCUT2D eigenvalue weighted by Crippen LogP contribution is -2.22. The molecular weight excluding hydrogens is 498 g/mol. The predicted octanol–water partition coefficient (Wildman–Crippen LogP) is 5.59. The summed E-state index contributed by atoms with van der Waals surface area (Å²) in [6.07, 6.45) is 5.21. The van der Waals surface area contributed by atoms with Gasteiger partial charge in [-0.3, -0.25) is 9.78 Å². The Kier molecular flexibility index (Phi) is 5.98. The number of carbonyl (C=O) groups excluding carboxylic acids is 2. The Hall–Kier alpha value is -3.78. The molecule has 170 valence electrons. The van der Waals surface area contributed by atoms with E-state index in [0.717, 1.165) is 22.8 Å². The van der Waals surface area contributed by atoms with Gasteiger partial charge in [-0.05, 0) is 64.7 Å². The molecule has 2 heterocycles. The Bertz CT molecular complexity index is 1460. The highest BCUT2D eigenvalue weighted by atomic mass is 79.9. The fraction of sp³-hybridized carbons (Fsp3) is 0.154. The number of carbonyl (C=O) groups is 2. The second-order valence-corrected chi connectivity index (χ2v) is 8.91. The van der Waals surface area contributed by atoms with E-state index in [-0.39, 0.29) is 11.7 Å². The maximum absolute atomic E-state index is 12.9. The molecule has 0 atom stereocenters. The number of halogens is 1. The third-order valence-corrected chi connectivity index (χ3v) is 6.14. The van der Waals surface area contributed by atoms with E-state index in [1.54, 1.807) is 25.3 Å². The molecule has 4 aromatic rings. The lowest BCUT2D eigenvalue weighted by atomic mass is 9.93. The molecule has 0 spiro atoms. The standard InChI is InChI=1S/C26H20BrN3O4/c1-15-23-21(29-30-25(31)18-11-19(27)14-28-13-18)7-4-8-22(23)34-24(15)26(32)33-20-10-9-16-5-2-3-6-17(16)12-20/h2-3,5-6,9-14H,4,7-8H2,1H3,(H,30,31)/b29-21+. The normalized spacial score (nSPS) is 14.1. The summed E-state index contributed by atoms with van der Waals surface area (Å²) in [5.41, 5.74) is 5.05. The number of nitrogens with one attached hydrogen (secondary N) is 1. The average Bonchev–Trinajstić information content (AvgIpc) is 3.19. The van der Waals surface area contributed by atoms with E-state index < -0.39 is 5.97 Å². The molecule has 7 nitrogen and oxygen atoms in total. The molecule has 34 heavy (non-hydrogen) atoms. The van der Waals surface area contributed by atoms with Crippen LogP contribution in [-0.4, -0.2) is 22.6 Å². The number of furan rings is 1. The van der Waals surface area contributed by atoms with E-state index in [1.165, 1.54) is 6.20 Å². The topological polar surface area (TPSA) is 93.8 Å². The Morgan fingerprint density at radius 2 is 1.91 bits per heavy atom. The molecule has 0 saturated heterocycles. The molecule has 5 rings (SSSR count). The smallest absolute Gasteiger partial charge is 0.379 e. The molecule has 0 aliphatic heterocycles. The van der Waals surface area contributed by atoms with E-state index in [9.17, 15) is 9.59 Å². The first-order valence-electron chi connectivity index (χ1n) is 10.8. The van der Waals surface area contributed by atoms with Gasteiger partial charge in [0.1, 0.15) is 11.5 Å². The van der Waals surface area contributed by atoms with Crippen LogP contribution in [0.25, 0.3) is 10.8 Å². The summed E-state index contributed by atoms with van der Waals surface area (Å²) in [5, 5.41) is 6.39. The maximum atomic E-state index is 12.9. The van der Waals surface area contributed by atoms with Crippen LogP contribution < -0.4 is 10.2 Å². The molecule has 2 aromatic carbocycles. The van der Waals surface area contributed by atoms with Crippen LogP contribution in [0.3, 0.4) is 0 Å². The molecule has 0 saturated carbocycles. The molecule has 8 heteroatoms. The highest BCUT2D eigenvalue weighted by Crippen LogP contribution is 2.31. The SMILES string of the molecule is Cc1c(C(=O)Oc2ccc3ccccc3c2)oc2c1/C(=N/NC(=O)c1cncc(Br)c1)CCC2. The second kappa shape index (κ2) is 9.23. The summed E-state index contributed by atoms with van der Waals surface area (Å²) >= 11 is 3.31. The number of nitrogens with zero attached hydrogens (tertiary/aromatic N) is 2. The van der Waals surface area contributed by atoms with Crippen molar-refractivity contribution in [3.05, 3.63) is 93.6 Å². The van der Waals surface area contributed by atoms with Gasteiger partial charge in [-0.2, -0.15) is 5.10 Å². The molecular formula is C26H20BrN3O4. The van der Waals surface area contributed by atoms with E-state index >= 15 is 0 Å². The minimum atomic E-state index is -0.564. The lowest BCUT2D eigenvalue weighted by Gasteiger charge is -2.13. The molecule has 0 radical (unpaired) electrons. The van der Waals surface area contributed by atoms with Gasteiger partial charge in [-0.1, -0.05) is 30.3 Å². The maximum Gasteiger partial charge on any atom is 0.379 e. The summed E-state index contributed by atoms with van der Waals surface area (Å²) in [5.74, 6) is 0.333. The first-order valence-corrected chi connectivity index (χ1v) is 11.6. The molecule has 1 aliphatic carbocycles. The summed E-state index contributed by atoms with van der Waals surface area (Å²) in [4.78, 5) is 29.4. The number of fused-ring (bicyclic) bond motifs is 2. The number of hydrogen-bond donors (Lipinski definition) is 1. The zero-order valence-corrected chi connectivity index (χ0v) is 19.9. The minimum absolute atomic E-state index is 0.148. The zero-order chi connectivity index (χ0) is 23.7. The van der Waals surface area contributed by atoms with Crippen molar-refractivity contribution in [2.24, 2.45) is 5.10 Å². The Balaban J connectivity index is 1.38. The molecule has 0 fully saturated rings. The quantitative estimate of drug-likeness (QED) is 0.216. The van der Waals surface area contributed by atoms with E-state index in [1.807, 2.05) is 36.4 Å². The number of aromatic nitrogens is 1. The van der Waals surface area contributed by atoms with Crippen LogP contribution >= 0.6 is 15.9 Å². The number of esters is 1. The zero-order valence-electron chi connectivity index (χ0n) is 18.3. The number of hydrazone groups is 1. The number of rotatable bonds is 4. The van der Waals surface area contributed by atoms with Gasteiger partial charge in [-0.25, -0.2) is 10.2 Å². The molecule has 0 unspecified atom stereocenters. The van der Waals surface area contributed by atoms with Gasteiger partial charge in [0, 0.05) is 34.4 Å². The molecule has 1 N–H and O–H groups in total. The molecule has 1 amide bonds. The lowest BCUT2D eigenvalue weighted by molar-refractivity contribution is 0.0698. The largest absolute Gasteiger partial charge is 0.453 e. The number of amides is 1. The van der Waals surface area contributed by atoms with E-state index in [4.69, 9.17) is 9.15 Å². The van der Waals surface area contributed by atoms with Crippen LogP contribution in [0.4, 0.5) is 0 Å². The van der Waals surface area contributed by atoms with Crippen molar-refractivity contribution >= 4 is 44.3 Å². The van der Waals surface area contributed by atoms with Gasteiger partial charge in [0.2, 0.25) is 5.76 Å². The number of hydrogen-bond acceptors (Lipinski definition) is 6. The molecule has 0 bridgehead atoms. The van der Waals surface area contributed by atoms with E-state index in [2.05, 4.69) is 31.4 Å². The minimum Gasteiger partial charge on any atom is -0.453 e. The van der Waals surface area contributed by atoms with Crippen molar-refractivity contribution in [1.82, 2.24) is 10.4 Å². The van der Waals surface area contributed by atoms with Gasteiger partial charge in [0.25, 0.3) is 5.91 Å². The van der Waals surface area contributed by atoms with Gasteiger partial charge in [0.05, 0.1) is 11.3 Å². The summed E-state index contributed by atoms with van der Waals surface area (Å²) < 4.78 is 12.2. The molecule has 1 aliphatic rings. The first kappa shape index (κ1) is 22.0. The fourth-order valence-electron chi connectivity index (χ4n) is 4.08. The third-order valence-electron chi connectivity index (χ3n) is 5.70. The highest BCUT2D eigenvalue weighted by molar-refractivity contribution is 9.10. The predicted molar refractivity (Wildman–Crippen MR) is 131 cm³/mol. The number of ether oxygens (including phenoxy) is 1. The van der Waals surface area contributed by atoms with Gasteiger partial charge >= 0.3 is 5.97 Å². The van der Waals surface area contributed by atoms with Crippen molar-refractivity contribution in [3.8, 4) is 5.75 Å². The van der Waals surface area contributed by atoms with Crippen molar-refractivity contribution < 1.29 is 18.7 Å². The van der Waals surface area contributed by atoms with Crippen LogP contribution in [-0.2, 0) is 6.42 Å². The van der Waals surface area contributed by atoms with Crippen LogP contribution in [0.2, 0.25) is 0 Å². The highest BCUT2D eigenvalue weighted by Gasteiger charge is 2.29. The number of pyridine rings is 1. The van der Waals surface area contributed by atoms with Crippen molar-refractivity contribution in [1.29, 1.82) is 0 Å². The number of aryl methyl sites for hydroxylation is 1. The Labute approximate surface area is 204 Å². The first-order chi connectivity index (χ1) is 16.5. The Morgan fingerprint density at radius 1 is 1.09 bits per heavy atom. The van der Waals surface area contributed by atoms with Crippen LogP contribution in [0.1, 0.15) is 50.6 Å². The van der Waals surface area contributed by atoms with Crippen molar-refractivity contribution in [2.45, 2.75) is 26.2 Å². The van der Waals surface area contributed by atoms with E-state index in [0.29, 0.717) is 45.7 Å². The fourth-order valence-corrected chi connectivity index (χ4v) is 4.44. The Morgan fingerprint density at radius 3 is 2.74 bits per heavy atom. The summed E-state index contributed by atoms with van der Waals surface area (Å²) in [6, 6.07) is 15.0. The molecule has 2 aromatic heterocycles. The van der Waals surface area contributed by atoms with Crippen LogP contribution in [0.15, 0.2) is 74.9 Å². The summed E-state index contributed by atoms with van der Waals surface area (Å²) in [6.45, 7) is 1.81. The summed E-state index contributed by atoms with van der Waals surface area (Å²) in [7, 11) is 0. The monoisotopic (exact) mass is 517 g/mol. The van der Waals surface area contributed by atoms with Crippen molar-refractivity contribution in [3.63, 3.8) is 0 Å². The van der Waals surface area contributed by atoms with Crippen LogP contribution in [0, 0.1) is 6.92 Å². The second-order valence-electron chi connectivity index (χ2n) is 8.00. The average molecular weight is 518 g/mol. The van der Waals surface area contributed by atoms with Gasteiger partial charge in [-0.15, -0.1) is 0 Å². The van der Waals surface area contributed by atoms with Crippen LogP contribution in [0.5, 0.6) is 5.75 Å². The van der Waals surface area contributed by atoms with Gasteiger partial charge in [0.15, 0.2) is 0 Å². The van der Waals surface area contributed by atoms with Crippen molar-refractivity contribution in [2.75, 3.05) is 0 Å². The van der Waals surface area contributed by atoms with Gasteiger partial charge < -0.3 is 9.15 Å². The third kappa shape index (κ3) is 4.36. The number of benzene rings is 2.